The molecule has 11 heteroatoms. The van der Waals surface area contributed by atoms with Crippen molar-refractivity contribution in [2.75, 3.05) is 4.72 Å². The predicted molar refractivity (Wildman–Crippen MR) is 102 cm³/mol. The first-order chi connectivity index (χ1) is 13.3. The van der Waals surface area contributed by atoms with Crippen molar-refractivity contribution in [3.05, 3.63) is 65.4 Å². The molecule has 28 heavy (non-hydrogen) atoms. The van der Waals surface area contributed by atoms with Crippen LogP contribution in [0.5, 0.6) is 0 Å². The van der Waals surface area contributed by atoms with E-state index in [1.165, 1.54) is 41.3 Å². The Morgan fingerprint density at radius 3 is 2.64 bits per heavy atom. The zero-order chi connectivity index (χ0) is 19.9. The molecule has 0 saturated carbocycles. The van der Waals surface area contributed by atoms with Crippen LogP contribution in [0.2, 0.25) is 5.02 Å². The number of carbonyl (C=O) groups is 1. The molecule has 0 fully saturated rings. The lowest BCUT2D eigenvalue weighted by Crippen LogP contribution is -2.13. The largest absolute Gasteiger partial charge is 0.478 e. The summed E-state index contributed by atoms with van der Waals surface area (Å²) in [4.78, 5) is 18.4. The third kappa shape index (κ3) is 3.30. The number of fused-ring (bicyclic) bond motifs is 1. The lowest BCUT2D eigenvalue weighted by Gasteiger charge is -2.09. The molecule has 0 spiro atoms. The summed E-state index contributed by atoms with van der Waals surface area (Å²) in [5.74, 6) is -0.843. The summed E-state index contributed by atoms with van der Waals surface area (Å²) >= 11 is 6.22. The molecule has 0 bridgehead atoms. The van der Waals surface area contributed by atoms with Crippen LogP contribution in [0.4, 0.5) is 5.69 Å². The second-order valence-corrected chi connectivity index (χ2v) is 7.90. The van der Waals surface area contributed by atoms with Gasteiger partial charge in [0.05, 0.1) is 38.4 Å². The van der Waals surface area contributed by atoms with Crippen molar-refractivity contribution in [2.45, 2.75) is 4.90 Å². The third-order valence-corrected chi connectivity index (χ3v) is 5.60. The number of carboxylic acids is 1. The first-order valence-electron chi connectivity index (χ1n) is 7.89. The number of hydrogen-bond acceptors (Lipinski definition) is 5. The minimum atomic E-state index is -3.81. The number of aromatic carboxylic acids is 1. The summed E-state index contributed by atoms with van der Waals surface area (Å²) in [6.07, 6.45) is 2.50. The summed E-state index contributed by atoms with van der Waals surface area (Å²) in [7, 11) is -3.81. The minimum Gasteiger partial charge on any atom is -0.478 e. The molecule has 4 aromatic rings. The van der Waals surface area contributed by atoms with Crippen molar-refractivity contribution in [2.24, 2.45) is 0 Å². The Morgan fingerprint density at radius 2 is 1.96 bits per heavy atom. The summed E-state index contributed by atoms with van der Waals surface area (Å²) in [6.45, 7) is 0. The number of nitrogens with zero attached hydrogens (tertiary/aromatic N) is 3. The monoisotopic (exact) mass is 417 g/mol. The van der Waals surface area contributed by atoms with Gasteiger partial charge in [0.25, 0.3) is 10.0 Å². The second-order valence-electron chi connectivity index (χ2n) is 5.81. The maximum absolute atomic E-state index is 12.5. The lowest BCUT2D eigenvalue weighted by atomic mass is 10.3. The number of halogens is 1. The summed E-state index contributed by atoms with van der Waals surface area (Å²) < 4.78 is 28.7. The van der Waals surface area contributed by atoms with Crippen LogP contribution in [0.15, 0.2) is 59.8 Å². The Hall–Kier alpha value is -3.37. The van der Waals surface area contributed by atoms with Crippen LogP contribution in [-0.4, -0.2) is 39.2 Å². The number of benzene rings is 2. The van der Waals surface area contributed by atoms with Gasteiger partial charge in [0.2, 0.25) is 5.95 Å². The number of carboxylic acid groups (broad SMARTS) is 1. The third-order valence-electron chi connectivity index (χ3n) is 3.90. The second kappa shape index (κ2) is 6.66. The van der Waals surface area contributed by atoms with E-state index < -0.39 is 16.0 Å². The van der Waals surface area contributed by atoms with Crippen LogP contribution in [0.3, 0.4) is 0 Å². The van der Waals surface area contributed by atoms with Crippen molar-refractivity contribution >= 4 is 44.3 Å². The highest BCUT2D eigenvalue weighted by atomic mass is 35.5. The van der Waals surface area contributed by atoms with Crippen LogP contribution < -0.4 is 4.72 Å². The molecule has 0 amide bonds. The van der Waals surface area contributed by atoms with E-state index in [0.717, 1.165) is 0 Å². The number of H-pyrrole nitrogens is 1. The van der Waals surface area contributed by atoms with E-state index in [-0.39, 0.29) is 27.1 Å². The summed E-state index contributed by atoms with van der Waals surface area (Å²) in [5, 5.41) is 13.1. The summed E-state index contributed by atoms with van der Waals surface area (Å²) in [6, 6.07) is 10.9. The van der Waals surface area contributed by atoms with E-state index in [9.17, 15) is 13.2 Å². The highest BCUT2D eigenvalue weighted by Gasteiger charge is 2.17. The predicted octanol–water partition coefficient (Wildman–Crippen LogP) is 2.90. The number of imidazole rings is 1. The van der Waals surface area contributed by atoms with Crippen molar-refractivity contribution in [1.29, 1.82) is 0 Å². The molecule has 0 atom stereocenters. The van der Waals surface area contributed by atoms with Gasteiger partial charge in [-0.05, 0) is 24.3 Å². The Balaban J connectivity index is 1.71. The zero-order valence-corrected chi connectivity index (χ0v) is 15.6. The van der Waals surface area contributed by atoms with E-state index in [2.05, 4.69) is 19.8 Å². The number of aromatic nitrogens is 4. The van der Waals surface area contributed by atoms with Gasteiger partial charge in [0.15, 0.2) is 0 Å². The van der Waals surface area contributed by atoms with Crippen LogP contribution in [-0.2, 0) is 10.0 Å². The number of sulfonamides is 1. The highest BCUT2D eigenvalue weighted by Crippen LogP contribution is 2.29. The van der Waals surface area contributed by atoms with Crippen molar-refractivity contribution in [3.63, 3.8) is 0 Å². The quantitative estimate of drug-likeness (QED) is 0.457. The maximum Gasteiger partial charge on any atom is 0.338 e. The van der Waals surface area contributed by atoms with Crippen LogP contribution in [0, 0.1) is 0 Å². The average molecular weight is 418 g/mol. The van der Waals surface area contributed by atoms with Gasteiger partial charge >= 0.3 is 5.97 Å². The molecule has 2 heterocycles. The van der Waals surface area contributed by atoms with Gasteiger partial charge in [-0.25, -0.2) is 22.9 Å². The van der Waals surface area contributed by atoms with Crippen molar-refractivity contribution in [3.8, 4) is 5.95 Å². The first kappa shape index (κ1) is 18.0. The fraction of sp³-hybridized carbons (Fsp3) is 0. The molecule has 3 N–H and O–H groups in total. The van der Waals surface area contributed by atoms with E-state index >= 15 is 0 Å². The van der Waals surface area contributed by atoms with E-state index in [0.29, 0.717) is 11.0 Å². The average Bonchev–Trinajstić information content (AvgIpc) is 3.29. The van der Waals surface area contributed by atoms with Crippen molar-refractivity contribution < 1.29 is 18.3 Å². The molecule has 4 rings (SSSR count). The molecule has 0 radical (unpaired) electrons. The smallest absolute Gasteiger partial charge is 0.338 e. The van der Waals surface area contributed by atoms with E-state index in [1.807, 2.05) is 0 Å². The SMILES string of the molecule is O=C(O)c1cnn(-c2nc3cc(NS(=O)(=O)c4ccccc4)c(Cl)cc3[nH]2)c1. The topological polar surface area (TPSA) is 130 Å². The molecule has 0 aliphatic rings. The molecule has 9 nitrogen and oxygen atoms in total. The van der Waals surface area contributed by atoms with Crippen molar-refractivity contribution in [1.82, 2.24) is 19.7 Å². The Morgan fingerprint density at radius 1 is 1.21 bits per heavy atom. The van der Waals surface area contributed by atoms with Crippen LogP contribution in [0.1, 0.15) is 10.4 Å². The van der Waals surface area contributed by atoms with E-state index in [1.54, 1.807) is 18.2 Å². The zero-order valence-electron chi connectivity index (χ0n) is 14.0. The molecule has 0 aliphatic heterocycles. The molecule has 0 unspecified atom stereocenters. The Bertz CT molecular complexity index is 1300. The molecule has 0 aliphatic carbocycles. The molecule has 142 valence electrons. The van der Waals surface area contributed by atoms with Gasteiger partial charge in [-0.2, -0.15) is 5.10 Å². The number of hydrogen-bond donors (Lipinski definition) is 3. The van der Waals surface area contributed by atoms with Gasteiger partial charge < -0.3 is 10.1 Å². The standard InChI is InChI=1S/C17H12ClN5O4S/c18-12-6-14-15(21-17(20-14)23-9-10(8-19-23)16(24)25)7-13(12)22-28(26,27)11-4-2-1-3-5-11/h1-9,22H,(H,20,21)(H,24,25). The fourth-order valence-corrected chi connectivity index (χ4v) is 3.91. The number of aromatic amines is 1. The van der Waals surface area contributed by atoms with E-state index in [4.69, 9.17) is 16.7 Å². The van der Waals surface area contributed by atoms with Gasteiger partial charge in [-0.3, -0.25) is 4.72 Å². The molecule has 2 aromatic heterocycles. The number of nitrogens with one attached hydrogen (secondary N) is 2. The normalized spacial score (nSPS) is 11.6. The Labute approximate surface area is 163 Å². The van der Waals surface area contributed by atoms with Gasteiger partial charge in [0.1, 0.15) is 0 Å². The van der Waals surface area contributed by atoms with Crippen LogP contribution in [0.25, 0.3) is 17.0 Å². The minimum absolute atomic E-state index is 0.00907. The van der Waals surface area contributed by atoms with Gasteiger partial charge in [0, 0.05) is 6.20 Å². The first-order valence-corrected chi connectivity index (χ1v) is 9.75. The van der Waals surface area contributed by atoms with Gasteiger partial charge in [-0.1, -0.05) is 29.8 Å². The molecular formula is C17H12ClN5O4S. The molecule has 2 aromatic carbocycles. The molecule has 0 saturated heterocycles. The Kier molecular flexibility index (Phi) is 4.28. The lowest BCUT2D eigenvalue weighted by molar-refractivity contribution is 0.0697. The van der Waals surface area contributed by atoms with Crippen LogP contribution >= 0.6 is 11.6 Å². The highest BCUT2D eigenvalue weighted by molar-refractivity contribution is 7.92. The maximum atomic E-state index is 12.5. The number of rotatable bonds is 5. The van der Waals surface area contributed by atoms with Gasteiger partial charge in [-0.15, -0.1) is 0 Å². The summed E-state index contributed by atoms with van der Waals surface area (Å²) in [5.41, 5.74) is 1.14. The number of anilines is 1. The fourth-order valence-electron chi connectivity index (χ4n) is 2.56. The molecular weight excluding hydrogens is 406 g/mol.